The van der Waals surface area contributed by atoms with Gasteiger partial charge in [0.1, 0.15) is 0 Å². The number of benzene rings is 2. The van der Waals surface area contributed by atoms with Gasteiger partial charge in [0.05, 0.1) is 0 Å². The molecule has 2 heteroatoms. The van der Waals surface area contributed by atoms with Gasteiger partial charge in [-0.3, -0.25) is 0 Å². The molecule has 0 aliphatic carbocycles. The van der Waals surface area contributed by atoms with Gasteiger partial charge in [-0.25, -0.2) is 0 Å². The van der Waals surface area contributed by atoms with Crippen LogP contribution in [0.2, 0.25) is 0 Å². The number of nitrogen functional groups attached to an aromatic ring is 1. The van der Waals surface area contributed by atoms with E-state index in [1.807, 2.05) is 30.4 Å². The van der Waals surface area contributed by atoms with Crippen LogP contribution in [0.3, 0.4) is 0 Å². The Balaban J connectivity index is 2.24. The Morgan fingerprint density at radius 3 is 2.45 bits per heavy atom. The molecule has 0 bridgehead atoms. The lowest BCUT2D eigenvalue weighted by atomic mass is 10.0. The monoisotopic (exact) mass is 260 g/mol. The summed E-state index contributed by atoms with van der Waals surface area (Å²) in [5, 5.41) is 1.15. The predicted molar refractivity (Wildman–Crippen MR) is 88.3 cm³/mol. The Hall–Kier alpha value is -2.74. The van der Waals surface area contributed by atoms with Crippen molar-refractivity contribution in [1.82, 2.24) is 4.98 Å². The van der Waals surface area contributed by atoms with Crippen LogP contribution < -0.4 is 5.73 Å². The molecular weight excluding hydrogens is 244 g/mol. The average molecular weight is 260 g/mol. The molecule has 0 saturated carbocycles. The quantitative estimate of drug-likeness (QED) is 0.658. The van der Waals surface area contributed by atoms with Crippen LogP contribution in [0.25, 0.3) is 34.2 Å². The van der Waals surface area contributed by atoms with E-state index in [0.29, 0.717) is 0 Å². The molecule has 0 amide bonds. The molecule has 0 saturated heterocycles. The fraction of sp³-hybridized carbons (Fsp3) is 0. The molecular formula is C18H16N2. The van der Waals surface area contributed by atoms with Crippen molar-refractivity contribution >= 4 is 28.7 Å². The Labute approximate surface area is 118 Å². The molecule has 1 heterocycles. The minimum Gasteiger partial charge on any atom is -0.399 e. The summed E-state index contributed by atoms with van der Waals surface area (Å²) in [5.41, 5.74) is 12.1. The molecule has 0 spiro atoms. The number of aromatic amines is 1. The molecule has 0 unspecified atom stereocenters. The van der Waals surface area contributed by atoms with Crippen molar-refractivity contribution in [3.8, 4) is 11.1 Å². The Morgan fingerprint density at radius 2 is 1.75 bits per heavy atom. The van der Waals surface area contributed by atoms with Crippen molar-refractivity contribution in [3.63, 3.8) is 0 Å². The zero-order valence-electron chi connectivity index (χ0n) is 11.2. The number of nitrogens with one attached hydrogen (secondary N) is 1. The van der Waals surface area contributed by atoms with E-state index in [9.17, 15) is 0 Å². The van der Waals surface area contributed by atoms with Gasteiger partial charge in [0, 0.05) is 27.8 Å². The van der Waals surface area contributed by atoms with Gasteiger partial charge in [-0.05, 0) is 41.5 Å². The van der Waals surface area contributed by atoms with E-state index in [0.717, 1.165) is 39.0 Å². The number of rotatable bonds is 3. The van der Waals surface area contributed by atoms with Crippen LogP contribution in [-0.4, -0.2) is 4.98 Å². The lowest BCUT2D eigenvalue weighted by Gasteiger charge is -2.03. The van der Waals surface area contributed by atoms with Gasteiger partial charge >= 0.3 is 0 Å². The lowest BCUT2D eigenvalue weighted by Crippen LogP contribution is -1.85. The molecule has 2 aromatic carbocycles. The number of aromatic nitrogens is 1. The highest BCUT2D eigenvalue weighted by Gasteiger charge is 2.08. The second kappa shape index (κ2) is 4.74. The van der Waals surface area contributed by atoms with Crippen molar-refractivity contribution in [2.24, 2.45) is 0 Å². The van der Waals surface area contributed by atoms with Gasteiger partial charge in [-0.2, -0.15) is 0 Å². The lowest BCUT2D eigenvalue weighted by molar-refractivity contribution is 1.42. The summed E-state index contributed by atoms with van der Waals surface area (Å²) < 4.78 is 0. The molecule has 0 fully saturated rings. The number of fused-ring (bicyclic) bond motifs is 1. The molecule has 0 aliphatic heterocycles. The fourth-order valence-electron chi connectivity index (χ4n) is 2.51. The molecule has 20 heavy (non-hydrogen) atoms. The van der Waals surface area contributed by atoms with E-state index in [1.165, 1.54) is 0 Å². The van der Waals surface area contributed by atoms with Crippen LogP contribution in [0, 0.1) is 0 Å². The van der Waals surface area contributed by atoms with Crippen LogP contribution in [0.15, 0.2) is 55.6 Å². The molecule has 98 valence electrons. The number of nitrogens with two attached hydrogens (primary N) is 1. The van der Waals surface area contributed by atoms with E-state index in [2.05, 4.69) is 42.4 Å². The zero-order valence-corrected chi connectivity index (χ0v) is 11.2. The van der Waals surface area contributed by atoms with E-state index < -0.39 is 0 Å². The number of hydrogen-bond donors (Lipinski definition) is 2. The molecule has 1 aromatic heterocycles. The maximum atomic E-state index is 5.85. The smallest absolute Gasteiger partial charge is 0.0465 e. The maximum absolute atomic E-state index is 5.85. The summed E-state index contributed by atoms with van der Waals surface area (Å²) in [6.07, 6.45) is 3.68. The zero-order chi connectivity index (χ0) is 14.1. The first-order chi connectivity index (χ1) is 9.72. The van der Waals surface area contributed by atoms with E-state index in [4.69, 9.17) is 5.73 Å². The van der Waals surface area contributed by atoms with E-state index in [-0.39, 0.29) is 0 Å². The fourth-order valence-corrected chi connectivity index (χ4v) is 2.51. The summed E-state index contributed by atoms with van der Waals surface area (Å²) >= 11 is 0. The molecule has 0 radical (unpaired) electrons. The first-order valence-corrected chi connectivity index (χ1v) is 6.49. The molecule has 3 N–H and O–H groups in total. The highest BCUT2D eigenvalue weighted by molar-refractivity contribution is 5.95. The summed E-state index contributed by atoms with van der Waals surface area (Å²) in [4.78, 5) is 3.34. The summed E-state index contributed by atoms with van der Waals surface area (Å²) in [7, 11) is 0. The number of anilines is 1. The van der Waals surface area contributed by atoms with Gasteiger partial charge in [0.15, 0.2) is 0 Å². The van der Waals surface area contributed by atoms with E-state index in [1.54, 1.807) is 0 Å². The molecule has 3 aromatic rings. The summed E-state index contributed by atoms with van der Waals surface area (Å²) in [6.45, 7) is 7.72. The van der Waals surface area contributed by atoms with Crippen molar-refractivity contribution in [3.05, 3.63) is 66.9 Å². The first kappa shape index (κ1) is 12.3. The molecule has 3 rings (SSSR count). The molecule has 0 aliphatic rings. The second-order valence-corrected chi connectivity index (χ2v) is 4.75. The van der Waals surface area contributed by atoms with Crippen LogP contribution in [0.1, 0.15) is 11.3 Å². The third-order valence-electron chi connectivity index (χ3n) is 3.50. The standard InChI is InChI=1S/C18H16N2/c1-3-15-16-11-13(12-6-5-7-14(19)10-12)8-9-18(16)20-17(15)4-2/h3-11,20H,1-2,19H2. The summed E-state index contributed by atoms with van der Waals surface area (Å²) in [6, 6.07) is 14.2. The third kappa shape index (κ3) is 1.91. The van der Waals surface area contributed by atoms with Crippen molar-refractivity contribution in [1.29, 1.82) is 0 Å². The third-order valence-corrected chi connectivity index (χ3v) is 3.50. The van der Waals surface area contributed by atoms with Gasteiger partial charge in [0.25, 0.3) is 0 Å². The van der Waals surface area contributed by atoms with Gasteiger partial charge in [-0.15, -0.1) is 0 Å². The Kier molecular flexibility index (Phi) is 2.92. The minimum atomic E-state index is 0.771. The Morgan fingerprint density at radius 1 is 0.950 bits per heavy atom. The largest absolute Gasteiger partial charge is 0.399 e. The number of hydrogen-bond acceptors (Lipinski definition) is 1. The minimum absolute atomic E-state index is 0.771. The topological polar surface area (TPSA) is 41.8 Å². The van der Waals surface area contributed by atoms with Crippen LogP contribution in [0.4, 0.5) is 5.69 Å². The maximum Gasteiger partial charge on any atom is 0.0465 e. The van der Waals surface area contributed by atoms with Gasteiger partial charge < -0.3 is 10.7 Å². The SMILES string of the molecule is C=Cc1[nH]c2ccc(-c3cccc(N)c3)cc2c1C=C. The molecule has 0 atom stereocenters. The highest BCUT2D eigenvalue weighted by atomic mass is 14.7. The molecule has 2 nitrogen and oxygen atoms in total. The van der Waals surface area contributed by atoms with E-state index >= 15 is 0 Å². The van der Waals surface area contributed by atoms with Crippen LogP contribution >= 0.6 is 0 Å². The van der Waals surface area contributed by atoms with Gasteiger partial charge in [0.2, 0.25) is 0 Å². The predicted octanol–water partition coefficient (Wildman–Crippen LogP) is 4.70. The highest BCUT2D eigenvalue weighted by Crippen LogP contribution is 2.30. The summed E-state index contributed by atoms with van der Waals surface area (Å²) in [5.74, 6) is 0. The van der Waals surface area contributed by atoms with Crippen molar-refractivity contribution < 1.29 is 0 Å². The van der Waals surface area contributed by atoms with Crippen LogP contribution in [0.5, 0.6) is 0 Å². The average Bonchev–Trinajstić information content (AvgIpc) is 2.83. The second-order valence-electron chi connectivity index (χ2n) is 4.75. The number of H-pyrrole nitrogens is 1. The van der Waals surface area contributed by atoms with Crippen molar-refractivity contribution in [2.75, 3.05) is 5.73 Å². The van der Waals surface area contributed by atoms with Gasteiger partial charge in [-0.1, -0.05) is 37.4 Å². The van der Waals surface area contributed by atoms with Crippen molar-refractivity contribution in [2.45, 2.75) is 0 Å². The first-order valence-electron chi connectivity index (χ1n) is 6.49. The Bertz CT molecular complexity index is 809. The normalized spacial score (nSPS) is 10.6. The van der Waals surface area contributed by atoms with Crippen LogP contribution in [-0.2, 0) is 0 Å².